The molecule has 0 aliphatic rings. The molecule has 0 amide bonds. The summed E-state index contributed by atoms with van der Waals surface area (Å²) in [5.74, 6) is 0. The number of aliphatic hydroxyl groups excluding tert-OH is 2. The molecule has 0 fully saturated rings. The summed E-state index contributed by atoms with van der Waals surface area (Å²) >= 11 is 0. The molecule has 12 heteroatoms. The number of aliphatic hydroxyl groups is 2. The van der Waals surface area contributed by atoms with E-state index in [9.17, 15) is 0 Å². The average Bonchev–Trinajstić information content (AvgIpc) is 2.92. The number of benzene rings is 2. The molecule has 0 unspecified atom stereocenters. The second-order valence-corrected chi connectivity index (χ2v) is 8.10. The van der Waals surface area contributed by atoms with E-state index in [-0.39, 0.29) is 32.7 Å². The van der Waals surface area contributed by atoms with Crippen LogP contribution in [0.5, 0.6) is 0 Å². The van der Waals surface area contributed by atoms with Crippen LogP contribution in [0.2, 0.25) is 0 Å². The predicted octanol–water partition coefficient (Wildman–Crippen LogP) is 3.20. The minimum absolute atomic E-state index is 0. The Morgan fingerprint density at radius 1 is 0.526 bits per heavy atom. The van der Waals surface area contributed by atoms with Crippen molar-refractivity contribution in [3.8, 4) is 0 Å². The van der Waals surface area contributed by atoms with E-state index in [0.717, 1.165) is 43.6 Å². The summed E-state index contributed by atoms with van der Waals surface area (Å²) in [6.07, 6.45) is 7.21. The molecule has 0 spiro atoms. The summed E-state index contributed by atoms with van der Waals surface area (Å²) in [6.45, 7) is -0.250. The zero-order valence-corrected chi connectivity index (χ0v) is 23.9. The van der Waals surface area contributed by atoms with Crippen LogP contribution in [0, 0.1) is 0 Å². The SMILES string of the molecule is O=S(=O)([O-])[O-].OCCO.[Zn+2].c1cnc2c(c1)ccc1cccnc12.c1cnc2c(c1)ccc1cccnc12. The van der Waals surface area contributed by atoms with Crippen LogP contribution in [0.15, 0.2) is 97.6 Å². The fraction of sp³-hybridized carbons (Fsp3) is 0.0769. The molecule has 0 saturated heterocycles. The number of fused-ring (bicyclic) bond motifs is 6. The Bertz CT molecular complexity index is 1490. The van der Waals surface area contributed by atoms with Crippen molar-refractivity contribution in [1.29, 1.82) is 0 Å². The number of nitrogens with zero attached hydrogens (tertiary/aromatic N) is 4. The molecule has 2 N–H and O–H groups in total. The van der Waals surface area contributed by atoms with Gasteiger partial charge in [-0.25, -0.2) is 0 Å². The second-order valence-electron chi connectivity index (χ2n) is 7.29. The molecule has 190 valence electrons. The Morgan fingerprint density at radius 2 is 0.737 bits per heavy atom. The molecule has 0 aliphatic heterocycles. The van der Waals surface area contributed by atoms with Crippen LogP contribution >= 0.6 is 0 Å². The van der Waals surface area contributed by atoms with Gasteiger partial charge in [-0.3, -0.25) is 28.4 Å². The normalized spacial score (nSPS) is 10.3. The van der Waals surface area contributed by atoms with Gasteiger partial charge in [-0.15, -0.1) is 0 Å². The van der Waals surface area contributed by atoms with Gasteiger partial charge in [0.2, 0.25) is 0 Å². The molecule has 0 radical (unpaired) electrons. The van der Waals surface area contributed by atoms with E-state index in [4.69, 9.17) is 27.7 Å². The molecular formula is C26H22N4O6SZn. The molecule has 0 atom stereocenters. The van der Waals surface area contributed by atoms with Crippen molar-refractivity contribution in [2.45, 2.75) is 0 Å². The van der Waals surface area contributed by atoms with Crippen LogP contribution in [-0.4, -0.2) is 60.9 Å². The van der Waals surface area contributed by atoms with E-state index in [2.05, 4.69) is 68.5 Å². The van der Waals surface area contributed by atoms with Crippen molar-refractivity contribution in [3.63, 3.8) is 0 Å². The summed E-state index contributed by atoms with van der Waals surface area (Å²) in [5, 5.41) is 19.8. The Morgan fingerprint density at radius 3 is 0.921 bits per heavy atom. The number of hydrogen-bond donors (Lipinski definition) is 2. The van der Waals surface area contributed by atoms with Crippen molar-refractivity contribution in [2.24, 2.45) is 0 Å². The van der Waals surface area contributed by atoms with Crippen molar-refractivity contribution < 1.29 is 47.2 Å². The van der Waals surface area contributed by atoms with Gasteiger partial charge in [0.25, 0.3) is 0 Å². The molecule has 6 aromatic rings. The molecular weight excluding hydrogens is 562 g/mol. The number of pyridine rings is 4. The van der Waals surface area contributed by atoms with E-state index >= 15 is 0 Å². The van der Waals surface area contributed by atoms with Crippen LogP contribution < -0.4 is 0 Å². The first-order valence-electron chi connectivity index (χ1n) is 10.9. The maximum absolute atomic E-state index is 8.52. The van der Waals surface area contributed by atoms with Gasteiger partial charge < -0.3 is 19.3 Å². The molecule has 4 aromatic heterocycles. The zero-order valence-electron chi connectivity index (χ0n) is 20.1. The van der Waals surface area contributed by atoms with E-state index < -0.39 is 10.4 Å². The van der Waals surface area contributed by atoms with Gasteiger partial charge in [-0.05, 0) is 24.3 Å². The maximum Gasteiger partial charge on any atom is 2.00 e. The molecule has 0 aliphatic carbocycles. The van der Waals surface area contributed by atoms with Gasteiger partial charge in [0.05, 0.1) is 35.3 Å². The molecule has 38 heavy (non-hydrogen) atoms. The first kappa shape index (κ1) is 30.7. The monoisotopic (exact) mass is 582 g/mol. The van der Waals surface area contributed by atoms with Crippen LogP contribution in [-0.2, 0) is 29.9 Å². The Balaban J connectivity index is 0.000000201. The van der Waals surface area contributed by atoms with E-state index in [0.29, 0.717) is 0 Å². The number of aromatic nitrogens is 4. The molecule has 0 saturated carbocycles. The standard InChI is InChI=1S/2C12H8N2.C2H6O2.H2O4S.Zn/c2*1-3-9-5-6-10-4-2-8-14-12(10)11(9)13-7-1;3-1-2-4;1-5(2,3)4;/h2*1-8H;3-4H,1-2H2;(H2,1,2,3,4);/q;;;;+2/p-2. The molecule has 6 rings (SSSR count). The van der Waals surface area contributed by atoms with E-state index in [1.165, 1.54) is 0 Å². The average molecular weight is 584 g/mol. The van der Waals surface area contributed by atoms with Gasteiger partial charge in [0, 0.05) is 56.7 Å². The summed E-state index contributed by atoms with van der Waals surface area (Å²) in [6, 6.07) is 24.3. The van der Waals surface area contributed by atoms with Crippen molar-refractivity contribution in [2.75, 3.05) is 13.2 Å². The third kappa shape index (κ3) is 9.11. The minimum Gasteiger partial charge on any atom is -0.759 e. The van der Waals surface area contributed by atoms with Gasteiger partial charge in [-0.2, -0.15) is 0 Å². The summed E-state index contributed by atoms with van der Waals surface area (Å²) < 4.78 is 34.1. The largest absolute Gasteiger partial charge is 2.00 e. The van der Waals surface area contributed by atoms with Crippen LogP contribution in [0.3, 0.4) is 0 Å². The second kappa shape index (κ2) is 15.0. The van der Waals surface area contributed by atoms with E-state index in [1.807, 2.05) is 24.3 Å². The van der Waals surface area contributed by atoms with E-state index in [1.54, 1.807) is 24.8 Å². The van der Waals surface area contributed by atoms with Gasteiger partial charge in [0.15, 0.2) is 0 Å². The summed E-state index contributed by atoms with van der Waals surface area (Å²) in [4.78, 5) is 17.4. The fourth-order valence-electron chi connectivity index (χ4n) is 3.36. The van der Waals surface area contributed by atoms with Gasteiger partial charge in [0.1, 0.15) is 0 Å². The zero-order chi connectivity index (χ0) is 26.7. The van der Waals surface area contributed by atoms with Crippen molar-refractivity contribution in [1.82, 2.24) is 19.9 Å². The molecule has 2 aromatic carbocycles. The van der Waals surface area contributed by atoms with Gasteiger partial charge >= 0.3 is 19.5 Å². The summed E-state index contributed by atoms with van der Waals surface area (Å²) in [7, 11) is -5.17. The molecule has 10 nitrogen and oxygen atoms in total. The van der Waals surface area contributed by atoms with Crippen LogP contribution in [0.1, 0.15) is 0 Å². The fourth-order valence-corrected chi connectivity index (χ4v) is 3.36. The van der Waals surface area contributed by atoms with Crippen LogP contribution in [0.4, 0.5) is 0 Å². The van der Waals surface area contributed by atoms with Gasteiger partial charge in [-0.1, -0.05) is 48.5 Å². The number of hydrogen-bond acceptors (Lipinski definition) is 10. The Labute approximate surface area is 231 Å². The van der Waals surface area contributed by atoms with Crippen LogP contribution in [0.25, 0.3) is 43.6 Å². The third-order valence-corrected chi connectivity index (χ3v) is 4.79. The first-order chi connectivity index (χ1) is 17.8. The molecule has 0 bridgehead atoms. The topological polar surface area (TPSA) is 172 Å². The maximum atomic E-state index is 8.52. The first-order valence-corrected chi connectivity index (χ1v) is 12.2. The Hall–Kier alpha value is -3.51. The van der Waals surface area contributed by atoms with Crippen molar-refractivity contribution >= 4 is 54.0 Å². The summed E-state index contributed by atoms with van der Waals surface area (Å²) in [5.41, 5.74) is 3.91. The predicted molar refractivity (Wildman–Crippen MR) is 139 cm³/mol. The van der Waals surface area contributed by atoms with Crippen molar-refractivity contribution in [3.05, 3.63) is 97.6 Å². The number of rotatable bonds is 1. The smallest absolute Gasteiger partial charge is 0.759 e. The quantitative estimate of drug-likeness (QED) is 0.127. The molecule has 4 heterocycles. The third-order valence-electron chi connectivity index (χ3n) is 4.79. The minimum atomic E-state index is -5.17. The Kier molecular flexibility index (Phi) is 12.2.